The lowest BCUT2D eigenvalue weighted by molar-refractivity contribution is -0.121. The van der Waals surface area contributed by atoms with Gasteiger partial charge in [-0.2, -0.15) is 0 Å². The smallest absolute Gasteiger partial charge is 0.229 e. The zero-order valence-corrected chi connectivity index (χ0v) is 15.4. The molecule has 2 aliphatic carbocycles. The minimum Gasteiger partial charge on any atom is -0.327 e. The van der Waals surface area contributed by atoms with Gasteiger partial charge in [0, 0.05) is 11.7 Å². The number of rotatable bonds is 4. The molecule has 2 aliphatic rings. The van der Waals surface area contributed by atoms with Crippen molar-refractivity contribution in [3.05, 3.63) is 23.8 Å². The molecule has 0 aliphatic heterocycles. The number of hydrogen-bond acceptors (Lipinski definition) is 4. The van der Waals surface area contributed by atoms with Crippen molar-refractivity contribution in [2.45, 2.75) is 32.2 Å². The van der Waals surface area contributed by atoms with Gasteiger partial charge < -0.3 is 11.1 Å². The number of aryl methyl sites for hydroxylation is 1. The summed E-state index contributed by atoms with van der Waals surface area (Å²) in [5.74, 6) is 0.658. The molecule has 1 aromatic rings. The minimum absolute atomic E-state index is 0. The van der Waals surface area contributed by atoms with Crippen LogP contribution in [0, 0.1) is 24.7 Å². The van der Waals surface area contributed by atoms with Crippen LogP contribution in [0.5, 0.6) is 0 Å². The number of nitrogens with one attached hydrogen (secondary N) is 2. The molecule has 8 heteroatoms. The van der Waals surface area contributed by atoms with Crippen molar-refractivity contribution in [1.82, 2.24) is 0 Å². The fourth-order valence-electron chi connectivity index (χ4n) is 3.96. The van der Waals surface area contributed by atoms with Crippen LogP contribution in [0.15, 0.2) is 18.2 Å². The first-order chi connectivity index (χ1) is 10.7. The predicted molar refractivity (Wildman–Crippen MR) is 97.8 cm³/mol. The Morgan fingerprint density at radius 2 is 1.92 bits per heavy atom. The van der Waals surface area contributed by atoms with Crippen LogP contribution >= 0.6 is 12.4 Å². The van der Waals surface area contributed by atoms with Gasteiger partial charge in [-0.05, 0) is 55.7 Å². The van der Waals surface area contributed by atoms with Crippen LogP contribution in [0.4, 0.5) is 11.4 Å². The van der Waals surface area contributed by atoms with E-state index >= 15 is 0 Å². The maximum Gasteiger partial charge on any atom is 0.229 e. The molecule has 24 heavy (non-hydrogen) atoms. The summed E-state index contributed by atoms with van der Waals surface area (Å²) in [5, 5.41) is 2.90. The summed E-state index contributed by atoms with van der Waals surface area (Å²) in [6.07, 6.45) is 4.35. The van der Waals surface area contributed by atoms with Crippen molar-refractivity contribution in [2.24, 2.45) is 23.5 Å². The van der Waals surface area contributed by atoms with E-state index in [1.54, 1.807) is 18.2 Å². The monoisotopic (exact) mass is 373 g/mol. The van der Waals surface area contributed by atoms with Crippen molar-refractivity contribution in [2.75, 3.05) is 16.3 Å². The molecule has 134 valence electrons. The maximum atomic E-state index is 12.6. The highest BCUT2D eigenvalue weighted by Crippen LogP contribution is 2.47. The summed E-state index contributed by atoms with van der Waals surface area (Å²) in [6.45, 7) is 1.81. The van der Waals surface area contributed by atoms with Crippen molar-refractivity contribution in [3.8, 4) is 0 Å². The Kier molecular flexibility index (Phi) is 5.47. The number of anilines is 2. The number of carbonyl (C=O) groups is 1. The molecule has 1 aromatic carbocycles. The van der Waals surface area contributed by atoms with E-state index in [4.69, 9.17) is 5.73 Å². The lowest BCUT2D eigenvalue weighted by atomic mass is 9.84. The molecule has 2 saturated carbocycles. The van der Waals surface area contributed by atoms with Gasteiger partial charge in [-0.15, -0.1) is 12.4 Å². The van der Waals surface area contributed by atoms with E-state index in [-0.39, 0.29) is 30.3 Å². The van der Waals surface area contributed by atoms with Gasteiger partial charge in [0.25, 0.3) is 0 Å². The predicted octanol–water partition coefficient (Wildman–Crippen LogP) is 2.10. The number of hydrogen-bond donors (Lipinski definition) is 3. The largest absolute Gasteiger partial charge is 0.327 e. The lowest BCUT2D eigenvalue weighted by Gasteiger charge is -2.27. The SMILES string of the molecule is Cc1ccc(NC(=O)C2C3CCC(C3)C2N)cc1NS(C)(=O)=O.Cl. The second-order valence-electron chi connectivity index (χ2n) is 6.83. The molecule has 4 unspecified atom stereocenters. The standard InChI is InChI=1S/C16H23N3O3S.ClH/c1-9-3-6-12(8-13(9)19-23(2,21)22)18-16(20)14-10-4-5-11(7-10)15(14)17;/h3,6,8,10-11,14-15,19H,4-5,7,17H2,1-2H3,(H,18,20);1H. The Labute approximate surface area is 149 Å². The van der Waals surface area contributed by atoms with Crippen molar-refractivity contribution < 1.29 is 13.2 Å². The fourth-order valence-corrected chi connectivity index (χ4v) is 4.58. The summed E-state index contributed by atoms with van der Waals surface area (Å²) in [7, 11) is -3.36. The summed E-state index contributed by atoms with van der Waals surface area (Å²) in [5.41, 5.74) is 8.06. The first-order valence-electron chi connectivity index (χ1n) is 7.89. The van der Waals surface area contributed by atoms with Crippen LogP contribution in [0.3, 0.4) is 0 Å². The topological polar surface area (TPSA) is 101 Å². The van der Waals surface area contributed by atoms with E-state index in [1.807, 2.05) is 6.92 Å². The molecular weight excluding hydrogens is 350 g/mol. The minimum atomic E-state index is -3.36. The van der Waals surface area contributed by atoms with Gasteiger partial charge in [-0.1, -0.05) is 6.07 Å². The maximum absolute atomic E-state index is 12.6. The molecular formula is C16H24ClN3O3S. The van der Waals surface area contributed by atoms with E-state index in [1.165, 1.54) is 0 Å². The van der Waals surface area contributed by atoms with Crippen molar-refractivity contribution >= 4 is 39.7 Å². The number of sulfonamides is 1. The van der Waals surface area contributed by atoms with E-state index in [0.29, 0.717) is 23.2 Å². The zero-order chi connectivity index (χ0) is 16.8. The summed E-state index contributed by atoms with van der Waals surface area (Å²) in [4.78, 5) is 12.6. The van der Waals surface area contributed by atoms with Crippen LogP contribution in [-0.4, -0.2) is 26.6 Å². The summed E-state index contributed by atoms with van der Waals surface area (Å²) >= 11 is 0. The third-order valence-corrected chi connectivity index (χ3v) is 5.67. The van der Waals surface area contributed by atoms with Gasteiger partial charge in [-0.25, -0.2) is 8.42 Å². The summed E-state index contributed by atoms with van der Waals surface area (Å²) < 4.78 is 25.3. The molecule has 4 atom stereocenters. The molecule has 0 heterocycles. The molecule has 0 saturated heterocycles. The molecule has 0 spiro atoms. The molecule has 0 radical (unpaired) electrons. The van der Waals surface area contributed by atoms with E-state index in [0.717, 1.165) is 31.1 Å². The number of fused-ring (bicyclic) bond motifs is 2. The van der Waals surface area contributed by atoms with E-state index in [2.05, 4.69) is 10.0 Å². The van der Waals surface area contributed by atoms with Crippen LogP contribution < -0.4 is 15.8 Å². The van der Waals surface area contributed by atoms with Crippen LogP contribution in [-0.2, 0) is 14.8 Å². The summed E-state index contributed by atoms with van der Waals surface area (Å²) in [6, 6.07) is 5.14. The Morgan fingerprint density at radius 1 is 1.25 bits per heavy atom. The van der Waals surface area contributed by atoms with Crippen LogP contribution in [0.2, 0.25) is 0 Å². The van der Waals surface area contributed by atoms with E-state index in [9.17, 15) is 13.2 Å². The highest BCUT2D eigenvalue weighted by Gasteiger charge is 2.49. The second-order valence-corrected chi connectivity index (χ2v) is 8.58. The quantitative estimate of drug-likeness (QED) is 0.752. The highest BCUT2D eigenvalue weighted by molar-refractivity contribution is 7.92. The first-order valence-corrected chi connectivity index (χ1v) is 9.78. The second kappa shape index (κ2) is 6.90. The normalized spacial score (nSPS) is 28.3. The molecule has 1 amide bonds. The van der Waals surface area contributed by atoms with Gasteiger partial charge in [0.1, 0.15) is 0 Å². The number of benzene rings is 1. The lowest BCUT2D eigenvalue weighted by Crippen LogP contribution is -2.42. The van der Waals surface area contributed by atoms with Crippen molar-refractivity contribution in [3.63, 3.8) is 0 Å². The van der Waals surface area contributed by atoms with Gasteiger partial charge in [0.15, 0.2) is 0 Å². The number of carbonyl (C=O) groups excluding carboxylic acids is 1. The fraction of sp³-hybridized carbons (Fsp3) is 0.562. The van der Waals surface area contributed by atoms with Gasteiger partial charge >= 0.3 is 0 Å². The van der Waals surface area contributed by atoms with Gasteiger partial charge in [0.05, 0.1) is 17.9 Å². The third kappa shape index (κ3) is 3.84. The molecule has 6 nitrogen and oxygen atoms in total. The van der Waals surface area contributed by atoms with Crippen LogP contribution in [0.1, 0.15) is 24.8 Å². The molecule has 0 aromatic heterocycles. The number of halogens is 1. The average Bonchev–Trinajstić information content (AvgIpc) is 3.01. The molecule has 2 fully saturated rings. The van der Waals surface area contributed by atoms with E-state index < -0.39 is 10.0 Å². The zero-order valence-electron chi connectivity index (χ0n) is 13.8. The van der Waals surface area contributed by atoms with Crippen LogP contribution in [0.25, 0.3) is 0 Å². The number of amides is 1. The average molecular weight is 374 g/mol. The number of nitrogens with two attached hydrogens (primary N) is 1. The molecule has 2 bridgehead atoms. The Bertz CT molecular complexity index is 736. The molecule has 4 N–H and O–H groups in total. The van der Waals surface area contributed by atoms with Gasteiger partial charge in [0.2, 0.25) is 15.9 Å². The Hall–Kier alpha value is -1.31. The van der Waals surface area contributed by atoms with Gasteiger partial charge in [-0.3, -0.25) is 9.52 Å². The highest BCUT2D eigenvalue weighted by atomic mass is 35.5. The first kappa shape index (κ1) is 19.0. The van der Waals surface area contributed by atoms with Crippen molar-refractivity contribution in [1.29, 1.82) is 0 Å². The Morgan fingerprint density at radius 3 is 2.50 bits per heavy atom. The molecule has 3 rings (SSSR count). The third-order valence-electron chi connectivity index (χ3n) is 5.08. The Balaban J connectivity index is 0.00000208.